The van der Waals surface area contributed by atoms with Crippen LogP contribution in [0.15, 0.2) is 29.4 Å². The molecule has 0 aliphatic carbocycles. The van der Waals surface area contributed by atoms with Crippen LogP contribution in [-0.2, 0) is 0 Å². The molecular formula is C15H20ClN3OS. The van der Waals surface area contributed by atoms with Crippen LogP contribution in [0, 0.1) is 5.92 Å². The Morgan fingerprint density at radius 3 is 2.86 bits per heavy atom. The van der Waals surface area contributed by atoms with Gasteiger partial charge in [-0.15, -0.1) is 0 Å². The van der Waals surface area contributed by atoms with Crippen molar-refractivity contribution in [2.75, 3.05) is 6.54 Å². The molecule has 1 aromatic rings. The molecular weight excluding hydrogens is 306 g/mol. The fourth-order valence-electron chi connectivity index (χ4n) is 2.24. The van der Waals surface area contributed by atoms with Crippen molar-refractivity contribution in [2.24, 2.45) is 11.0 Å². The van der Waals surface area contributed by atoms with Crippen molar-refractivity contribution in [3.63, 3.8) is 0 Å². The van der Waals surface area contributed by atoms with Crippen LogP contribution in [0.4, 0.5) is 0 Å². The second-order valence-corrected chi connectivity index (χ2v) is 5.95. The Hall–Kier alpha value is -1.17. The number of amidine groups is 1. The van der Waals surface area contributed by atoms with E-state index in [1.54, 1.807) is 11.4 Å². The zero-order chi connectivity index (χ0) is 15.4. The Morgan fingerprint density at radius 1 is 1.52 bits per heavy atom. The number of rotatable bonds is 6. The minimum Gasteiger partial charge on any atom is -0.380 e. The van der Waals surface area contributed by atoms with Gasteiger partial charge < -0.3 is 10.0 Å². The van der Waals surface area contributed by atoms with Crippen LogP contribution in [0.5, 0.6) is 0 Å². The van der Waals surface area contributed by atoms with Crippen LogP contribution in [0.2, 0.25) is 5.02 Å². The molecule has 0 bridgehead atoms. The minimum absolute atomic E-state index is 0.166. The number of aliphatic hydroxyl groups is 1. The highest BCUT2D eigenvalue weighted by atomic mass is 35.5. The first-order valence-electron chi connectivity index (χ1n) is 7.06. The molecule has 1 aliphatic heterocycles. The van der Waals surface area contributed by atoms with Crippen LogP contribution >= 0.6 is 23.8 Å². The predicted molar refractivity (Wildman–Crippen MR) is 90.6 cm³/mol. The Morgan fingerprint density at radius 2 is 2.24 bits per heavy atom. The zero-order valence-electron chi connectivity index (χ0n) is 12.2. The average Bonchev–Trinajstić information content (AvgIpc) is 2.89. The molecule has 114 valence electrons. The van der Waals surface area contributed by atoms with E-state index in [-0.39, 0.29) is 6.17 Å². The van der Waals surface area contributed by atoms with Gasteiger partial charge in [0.05, 0.1) is 0 Å². The van der Waals surface area contributed by atoms with Crippen LogP contribution in [0.1, 0.15) is 31.9 Å². The third kappa shape index (κ3) is 3.54. The van der Waals surface area contributed by atoms with Crippen LogP contribution < -0.4 is 5.43 Å². The minimum atomic E-state index is -0.866. The number of nitrogens with zero attached hydrogens (tertiary/aromatic N) is 2. The van der Waals surface area contributed by atoms with E-state index in [1.165, 1.54) is 0 Å². The van der Waals surface area contributed by atoms with E-state index in [9.17, 15) is 5.11 Å². The van der Waals surface area contributed by atoms with Gasteiger partial charge in [0.25, 0.3) is 0 Å². The second kappa shape index (κ2) is 7.20. The Balaban J connectivity index is 2.24. The molecule has 21 heavy (non-hydrogen) atoms. The number of nitrogens with one attached hydrogen (secondary N) is 1. The van der Waals surface area contributed by atoms with Crippen molar-refractivity contribution >= 4 is 35.0 Å². The number of thiocarbonyl (C=S) groups is 1. The van der Waals surface area contributed by atoms with Crippen molar-refractivity contribution in [3.05, 3.63) is 34.9 Å². The van der Waals surface area contributed by atoms with Crippen molar-refractivity contribution < 1.29 is 5.11 Å². The molecule has 0 saturated heterocycles. The van der Waals surface area contributed by atoms with Crippen LogP contribution in [-0.4, -0.2) is 33.9 Å². The van der Waals surface area contributed by atoms with Gasteiger partial charge in [-0.25, -0.2) is 0 Å². The van der Waals surface area contributed by atoms with Crippen molar-refractivity contribution in [3.8, 4) is 0 Å². The number of hydrogen-bond donors (Lipinski definition) is 2. The van der Waals surface area contributed by atoms with Gasteiger partial charge in [0.15, 0.2) is 5.84 Å². The topological polar surface area (TPSA) is 47.9 Å². The van der Waals surface area contributed by atoms with Gasteiger partial charge in [-0.2, -0.15) is 5.10 Å². The van der Waals surface area contributed by atoms with Gasteiger partial charge >= 0.3 is 0 Å². The Labute approximate surface area is 135 Å². The van der Waals surface area contributed by atoms with Gasteiger partial charge in [0.2, 0.25) is 0 Å². The summed E-state index contributed by atoms with van der Waals surface area (Å²) in [4.78, 5) is 2.01. The number of halogens is 1. The van der Waals surface area contributed by atoms with E-state index < -0.39 is 6.10 Å². The summed E-state index contributed by atoms with van der Waals surface area (Å²) in [6, 6.07) is 7.26. The largest absolute Gasteiger partial charge is 0.380 e. The smallest absolute Gasteiger partial charge is 0.160 e. The quantitative estimate of drug-likeness (QED) is 0.789. The lowest BCUT2D eigenvalue weighted by molar-refractivity contribution is 0.217. The molecule has 2 rings (SSSR count). The number of hydrogen-bond acceptors (Lipinski definition) is 5. The zero-order valence-corrected chi connectivity index (χ0v) is 13.7. The SMILES string of the molecule is CCC(C)CN1C(C(O)c2ccccc2Cl)=NNC1C=S. The summed E-state index contributed by atoms with van der Waals surface area (Å²) >= 11 is 11.2. The summed E-state index contributed by atoms with van der Waals surface area (Å²) < 4.78 is 0. The summed E-state index contributed by atoms with van der Waals surface area (Å²) in [5, 5.41) is 17.0. The molecule has 2 N–H and O–H groups in total. The highest BCUT2D eigenvalue weighted by molar-refractivity contribution is 7.79. The molecule has 1 aromatic carbocycles. The maximum absolute atomic E-state index is 10.6. The fraction of sp³-hybridized carbons (Fsp3) is 0.467. The summed E-state index contributed by atoms with van der Waals surface area (Å²) in [6.45, 7) is 5.09. The number of hydrazone groups is 1. The molecule has 3 unspecified atom stereocenters. The normalized spacial score (nSPS) is 20.7. The maximum Gasteiger partial charge on any atom is 0.160 e. The van der Waals surface area contributed by atoms with Gasteiger partial charge in [-0.1, -0.05) is 62.3 Å². The van der Waals surface area contributed by atoms with Crippen LogP contribution in [0.3, 0.4) is 0 Å². The summed E-state index contributed by atoms with van der Waals surface area (Å²) in [7, 11) is 0. The molecule has 1 heterocycles. The first-order chi connectivity index (χ1) is 10.1. The summed E-state index contributed by atoms with van der Waals surface area (Å²) in [6.07, 6.45) is 0.0205. The van der Waals surface area contributed by atoms with E-state index in [4.69, 9.17) is 23.8 Å². The average molecular weight is 326 g/mol. The first kappa shape index (κ1) is 16.2. The molecule has 0 amide bonds. The highest BCUT2D eigenvalue weighted by Gasteiger charge is 2.32. The molecule has 0 aromatic heterocycles. The molecule has 6 heteroatoms. The summed E-state index contributed by atoms with van der Waals surface area (Å²) in [5.74, 6) is 1.04. The third-order valence-electron chi connectivity index (χ3n) is 3.72. The highest BCUT2D eigenvalue weighted by Crippen LogP contribution is 2.27. The predicted octanol–water partition coefficient (Wildman–Crippen LogP) is 2.96. The van der Waals surface area contributed by atoms with Crippen molar-refractivity contribution in [2.45, 2.75) is 32.5 Å². The van der Waals surface area contributed by atoms with Gasteiger partial charge in [-0.05, 0) is 12.0 Å². The van der Waals surface area contributed by atoms with E-state index in [0.29, 0.717) is 22.3 Å². The molecule has 0 saturated carbocycles. The lowest BCUT2D eigenvalue weighted by atomic mass is 10.1. The van der Waals surface area contributed by atoms with Crippen molar-refractivity contribution in [1.82, 2.24) is 10.3 Å². The van der Waals surface area contributed by atoms with E-state index in [0.717, 1.165) is 13.0 Å². The van der Waals surface area contributed by atoms with E-state index in [1.807, 2.05) is 23.1 Å². The monoisotopic (exact) mass is 325 g/mol. The third-order valence-corrected chi connectivity index (χ3v) is 4.32. The standard InChI is InChI=1S/C15H20ClN3OS/c1-3-10(2)8-19-13(9-21)17-18-15(19)14(20)11-6-4-5-7-12(11)16/h4-7,9-10,13-14,17,20H,3,8H2,1-2H3. The van der Waals surface area contributed by atoms with Gasteiger partial charge in [0, 0.05) is 22.5 Å². The molecule has 1 aliphatic rings. The lowest BCUT2D eigenvalue weighted by Gasteiger charge is -2.29. The molecule has 0 radical (unpaired) electrons. The van der Waals surface area contributed by atoms with Crippen molar-refractivity contribution in [1.29, 1.82) is 0 Å². The Kier molecular flexibility index (Phi) is 5.56. The van der Waals surface area contributed by atoms with Crippen LogP contribution in [0.25, 0.3) is 0 Å². The second-order valence-electron chi connectivity index (χ2n) is 5.27. The molecule has 4 nitrogen and oxygen atoms in total. The number of aliphatic hydroxyl groups excluding tert-OH is 1. The summed E-state index contributed by atoms with van der Waals surface area (Å²) in [5.41, 5.74) is 3.61. The molecule has 0 spiro atoms. The van der Waals surface area contributed by atoms with E-state index >= 15 is 0 Å². The van der Waals surface area contributed by atoms with E-state index in [2.05, 4.69) is 24.4 Å². The maximum atomic E-state index is 10.6. The molecule has 0 fully saturated rings. The van der Waals surface area contributed by atoms with Gasteiger partial charge in [-0.3, -0.25) is 5.43 Å². The van der Waals surface area contributed by atoms with Gasteiger partial charge in [0.1, 0.15) is 12.3 Å². The Bertz CT molecular complexity index is 537. The fourth-order valence-corrected chi connectivity index (χ4v) is 2.69. The molecule has 3 atom stereocenters. The number of benzene rings is 1. The first-order valence-corrected chi connectivity index (χ1v) is 7.91. The lowest BCUT2D eigenvalue weighted by Crippen LogP contribution is -2.44.